The number of nitrogens with zero attached hydrogens (tertiary/aromatic N) is 2. The predicted molar refractivity (Wildman–Crippen MR) is 118 cm³/mol. The third-order valence-corrected chi connectivity index (χ3v) is 6.23. The summed E-state index contributed by atoms with van der Waals surface area (Å²) in [5.74, 6) is 1.30. The number of imidazole rings is 1. The normalized spacial score (nSPS) is 18.1. The molecule has 162 valence electrons. The summed E-state index contributed by atoms with van der Waals surface area (Å²) in [5.41, 5.74) is 2.43. The van der Waals surface area contributed by atoms with Gasteiger partial charge in [0.1, 0.15) is 13.2 Å². The molecule has 1 unspecified atom stereocenters. The van der Waals surface area contributed by atoms with Crippen molar-refractivity contribution < 1.29 is 14.3 Å². The number of carbonyl (C=O) groups excluding carboxylic acids is 1. The Morgan fingerprint density at radius 2 is 1.84 bits per heavy atom. The summed E-state index contributed by atoms with van der Waals surface area (Å²) >= 11 is 0. The molecule has 0 aliphatic carbocycles. The number of hydrogen-bond acceptors (Lipinski definition) is 5. The van der Waals surface area contributed by atoms with E-state index in [4.69, 9.17) is 9.47 Å². The molecular formula is C23H26N4O4. The Hall–Kier alpha value is -3.26. The number of ether oxygens (including phenoxy) is 2. The lowest BCUT2D eigenvalue weighted by Gasteiger charge is -2.35. The van der Waals surface area contributed by atoms with Crippen LogP contribution < -0.4 is 20.5 Å². The maximum absolute atomic E-state index is 12.8. The summed E-state index contributed by atoms with van der Waals surface area (Å²) in [6.45, 7) is 4.48. The fourth-order valence-electron chi connectivity index (χ4n) is 4.50. The van der Waals surface area contributed by atoms with Crippen LogP contribution in [-0.2, 0) is 4.79 Å². The van der Waals surface area contributed by atoms with Gasteiger partial charge < -0.3 is 19.8 Å². The van der Waals surface area contributed by atoms with Crippen molar-refractivity contribution in [1.82, 2.24) is 14.5 Å². The molecule has 1 saturated heterocycles. The zero-order valence-corrected chi connectivity index (χ0v) is 17.5. The Morgan fingerprint density at radius 1 is 1.10 bits per heavy atom. The van der Waals surface area contributed by atoms with Gasteiger partial charge >= 0.3 is 5.69 Å². The summed E-state index contributed by atoms with van der Waals surface area (Å²) < 4.78 is 13.0. The van der Waals surface area contributed by atoms with Crippen LogP contribution in [-0.4, -0.2) is 52.7 Å². The number of para-hydroxylation sites is 2. The standard InChI is InChI=1S/C23H26N4O4/c1-15(22(28)24-16-6-7-20-21(14-16)31-13-12-30-20)26-10-8-17(9-11-26)27-19-5-3-2-4-18(19)25-23(27)29/h2-7,14-15,17H,8-13H2,1H3,(H,24,28)(H,25,29). The average molecular weight is 422 g/mol. The van der Waals surface area contributed by atoms with Crippen LogP contribution >= 0.6 is 0 Å². The van der Waals surface area contributed by atoms with Gasteiger partial charge in [-0.1, -0.05) is 12.1 Å². The van der Waals surface area contributed by atoms with Crippen LogP contribution in [0.25, 0.3) is 11.0 Å². The summed E-state index contributed by atoms with van der Waals surface area (Å²) in [7, 11) is 0. The molecule has 2 aliphatic rings. The molecule has 31 heavy (non-hydrogen) atoms. The lowest BCUT2D eigenvalue weighted by molar-refractivity contribution is -0.121. The molecular weight excluding hydrogens is 396 g/mol. The van der Waals surface area contributed by atoms with Gasteiger partial charge in [0.15, 0.2) is 11.5 Å². The van der Waals surface area contributed by atoms with Gasteiger partial charge in [-0.3, -0.25) is 14.3 Å². The highest BCUT2D eigenvalue weighted by molar-refractivity contribution is 5.94. The molecule has 1 fully saturated rings. The Morgan fingerprint density at radius 3 is 2.65 bits per heavy atom. The third kappa shape index (κ3) is 3.79. The summed E-state index contributed by atoms with van der Waals surface area (Å²) in [6, 6.07) is 13.1. The number of fused-ring (bicyclic) bond motifs is 2. The highest BCUT2D eigenvalue weighted by atomic mass is 16.6. The summed E-state index contributed by atoms with van der Waals surface area (Å²) in [4.78, 5) is 30.4. The van der Waals surface area contributed by atoms with Crippen LogP contribution in [0.15, 0.2) is 47.3 Å². The molecule has 5 rings (SSSR count). The number of benzene rings is 2. The number of aromatic nitrogens is 2. The minimum atomic E-state index is -0.270. The highest BCUT2D eigenvalue weighted by Crippen LogP contribution is 2.33. The van der Waals surface area contributed by atoms with Gasteiger partial charge in [-0.25, -0.2) is 4.79 Å². The fraction of sp³-hybridized carbons (Fsp3) is 0.391. The number of amides is 1. The van der Waals surface area contributed by atoms with Crippen LogP contribution in [0.2, 0.25) is 0 Å². The van der Waals surface area contributed by atoms with E-state index in [2.05, 4.69) is 15.2 Å². The van der Waals surface area contributed by atoms with Crippen molar-refractivity contribution in [3.63, 3.8) is 0 Å². The van der Waals surface area contributed by atoms with Gasteiger partial charge in [0.25, 0.3) is 0 Å². The zero-order chi connectivity index (χ0) is 21.4. The first-order valence-corrected chi connectivity index (χ1v) is 10.7. The number of hydrogen-bond donors (Lipinski definition) is 2. The molecule has 3 aromatic rings. The van der Waals surface area contributed by atoms with Crippen molar-refractivity contribution >= 4 is 22.6 Å². The monoisotopic (exact) mass is 422 g/mol. The SMILES string of the molecule is CC(C(=O)Nc1ccc2c(c1)OCCO2)N1CCC(n2c(=O)[nH]c3ccccc32)CC1. The fourth-order valence-corrected chi connectivity index (χ4v) is 4.50. The van der Waals surface area contributed by atoms with Crippen molar-refractivity contribution in [2.24, 2.45) is 0 Å². The van der Waals surface area contributed by atoms with Gasteiger partial charge in [0.05, 0.1) is 17.1 Å². The molecule has 0 bridgehead atoms. The zero-order valence-electron chi connectivity index (χ0n) is 17.5. The molecule has 2 aliphatic heterocycles. The lowest BCUT2D eigenvalue weighted by atomic mass is 10.0. The first-order chi connectivity index (χ1) is 15.1. The lowest BCUT2D eigenvalue weighted by Crippen LogP contribution is -2.46. The van der Waals surface area contributed by atoms with Crippen molar-refractivity contribution in [3.05, 3.63) is 52.9 Å². The van der Waals surface area contributed by atoms with Crippen molar-refractivity contribution in [2.75, 3.05) is 31.6 Å². The third-order valence-electron chi connectivity index (χ3n) is 6.23. The maximum Gasteiger partial charge on any atom is 0.326 e. The van der Waals surface area contributed by atoms with Crippen molar-refractivity contribution in [1.29, 1.82) is 0 Å². The molecule has 3 heterocycles. The number of aromatic amines is 1. The minimum Gasteiger partial charge on any atom is -0.486 e. The van der Waals surface area contributed by atoms with Crippen LogP contribution in [0.5, 0.6) is 11.5 Å². The second-order valence-electron chi connectivity index (χ2n) is 8.11. The van der Waals surface area contributed by atoms with Crippen molar-refractivity contribution in [2.45, 2.75) is 31.8 Å². The van der Waals surface area contributed by atoms with E-state index >= 15 is 0 Å². The van der Waals surface area contributed by atoms with Gasteiger partial charge in [0.2, 0.25) is 5.91 Å². The number of rotatable bonds is 4. The number of piperidine rings is 1. The van der Waals surface area contributed by atoms with Crippen LogP contribution in [0, 0.1) is 0 Å². The Bertz CT molecular complexity index is 1160. The predicted octanol–water partition coefficient (Wildman–Crippen LogP) is 2.76. The van der Waals surface area contributed by atoms with E-state index in [0.717, 1.165) is 37.0 Å². The Labute approximate surface area is 179 Å². The van der Waals surface area contributed by atoms with Gasteiger partial charge in [0, 0.05) is 30.9 Å². The first-order valence-electron chi connectivity index (χ1n) is 10.7. The number of likely N-dealkylation sites (tertiary alicyclic amines) is 1. The van der Waals surface area contributed by atoms with Crippen LogP contribution in [0.3, 0.4) is 0 Å². The number of carbonyl (C=O) groups is 1. The van der Waals surface area contributed by atoms with E-state index in [1.54, 1.807) is 6.07 Å². The van der Waals surface area contributed by atoms with E-state index in [9.17, 15) is 9.59 Å². The largest absolute Gasteiger partial charge is 0.486 e. The molecule has 1 amide bonds. The molecule has 1 atom stereocenters. The van der Waals surface area contributed by atoms with Gasteiger partial charge in [-0.2, -0.15) is 0 Å². The average Bonchev–Trinajstić information content (AvgIpc) is 3.14. The summed E-state index contributed by atoms with van der Waals surface area (Å²) in [6.07, 6.45) is 1.65. The van der Waals surface area contributed by atoms with Crippen LogP contribution in [0.4, 0.5) is 5.69 Å². The van der Waals surface area contributed by atoms with Gasteiger partial charge in [-0.15, -0.1) is 0 Å². The second-order valence-corrected chi connectivity index (χ2v) is 8.11. The number of nitrogens with one attached hydrogen (secondary N) is 2. The summed E-state index contributed by atoms with van der Waals surface area (Å²) in [5, 5.41) is 2.98. The van der Waals surface area contributed by atoms with E-state index in [0.29, 0.717) is 30.4 Å². The maximum atomic E-state index is 12.8. The quantitative estimate of drug-likeness (QED) is 0.675. The van der Waals surface area contributed by atoms with E-state index < -0.39 is 0 Å². The molecule has 0 radical (unpaired) electrons. The second kappa shape index (κ2) is 8.11. The molecule has 1 aromatic heterocycles. The van der Waals surface area contributed by atoms with E-state index in [-0.39, 0.29) is 23.7 Å². The van der Waals surface area contributed by atoms with Gasteiger partial charge in [-0.05, 0) is 44.0 Å². The van der Waals surface area contributed by atoms with E-state index in [1.807, 2.05) is 47.9 Å². The van der Waals surface area contributed by atoms with E-state index in [1.165, 1.54) is 0 Å². The van der Waals surface area contributed by atoms with Crippen LogP contribution in [0.1, 0.15) is 25.8 Å². The topological polar surface area (TPSA) is 88.6 Å². The minimum absolute atomic E-state index is 0.0561. The highest BCUT2D eigenvalue weighted by Gasteiger charge is 2.29. The number of anilines is 1. The molecule has 8 nitrogen and oxygen atoms in total. The first kappa shape index (κ1) is 19.7. The molecule has 0 spiro atoms. The molecule has 2 aromatic carbocycles. The van der Waals surface area contributed by atoms with Crippen molar-refractivity contribution in [3.8, 4) is 11.5 Å². The molecule has 0 saturated carbocycles. The molecule has 2 N–H and O–H groups in total. The smallest absolute Gasteiger partial charge is 0.326 e. The Kier molecular flexibility index (Phi) is 5.15. The number of H-pyrrole nitrogens is 1. The molecule has 8 heteroatoms. The Balaban J connectivity index is 1.22.